The lowest BCUT2D eigenvalue weighted by Gasteiger charge is -1.91. The monoisotopic (exact) mass is 170 g/mol. The van der Waals surface area contributed by atoms with Crippen molar-refractivity contribution in [1.29, 1.82) is 0 Å². The molecule has 12 heavy (non-hydrogen) atoms. The maximum absolute atomic E-state index is 10.1. The molecule has 0 bridgehead atoms. The Morgan fingerprint density at radius 2 is 2.50 bits per heavy atom. The quantitative estimate of drug-likeness (QED) is 0.692. The first-order chi connectivity index (χ1) is 5.68. The molecule has 3 N–H and O–H groups in total. The second-order valence-corrected chi connectivity index (χ2v) is 2.42. The summed E-state index contributed by atoms with van der Waals surface area (Å²) in [5, 5.41) is 8.33. The van der Waals surface area contributed by atoms with Crippen LogP contribution in [0.1, 0.15) is 18.5 Å². The van der Waals surface area contributed by atoms with Crippen LogP contribution in [-0.4, -0.2) is 16.1 Å². The molecule has 0 aromatic carbocycles. The number of carboxylic acids is 1. The van der Waals surface area contributed by atoms with Gasteiger partial charge in [0.2, 0.25) is 0 Å². The van der Waals surface area contributed by atoms with Crippen LogP contribution in [-0.2, 0) is 11.2 Å². The van der Waals surface area contributed by atoms with Crippen molar-refractivity contribution in [3.8, 4) is 0 Å². The Morgan fingerprint density at radius 1 is 1.75 bits per heavy atom. The van der Waals surface area contributed by atoms with Crippen LogP contribution in [0, 0.1) is 0 Å². The summed E-state index contributed by atoms with van der Waals surface area (Å²) in [5.41, 5.74) is 5.92. The van der Waals surface area contributed by atoms with Gasteiger partial charge in [-0.3, -0.25) is 4.79 Å². The first kappa shape index (κ1) is 8.58. The molecule has 0 amide bonds. The highest BCUT2D eigenvalue weighted by Crippen LogP contribution is 2.06. The van der Waals surface area contributed by atoms with Crippen LogP contribution in [0.5, 0.6) is 0 Å². The number of oxazole rings is 1. The summed E-state index contributed by atoms with van der Waals surface area (Å²) < 4.78 is 4.74. The molecule has 0 unspecified atom stereocenters. The minimum atomic E-state index is -0.800. The highest BCUT2D eigenvalue weighted by molar-refractivity contribution is 5.66. The number of aryl methyl sites for hydroxylation is 1. The summed E-state index contributed by atoms with van der Waals surface area (Å²) >= 11 is 0. The molecule has 0 fully saturated rings. The lowest BCUT2D eigenvalue weighted by atomic mass is 10.2. The van der Waals surface area contributed by atoms with Gasteiger partial charge in [-0.2, -0.15) is 4.98 Å². The molecular weight excluding hydrogens is 160 g/mol. The van der Waals surface area contributed by atoms with Crippen LogP contribution in [0.2, 0.25) is 0 Å². The van der Waals surface area contributed by atoms with Gasteiger partial charge in [-0.15, -0.1) is 0 Å². The van der Waals surface area contributed by atoms with Crippen molar-refractivity contribution >= 4 is 12.0 Å². The summed E-state index contributed by atoms with van der Waals surface area (Å²) in [7, 11) is 0. The fourth-order valence-electron chi connectivity index (χ4n) is 0.858. The number of hydrogen-bond acceptors (Lipinski definition) is 4. The number of carboxylic acid groups (broad SMARTS) is 1. The summed E-state index contributed by atoms with van der Waals surface area (Å²) in [4.78, 5) is 14.0. The average Bonchev–Trinajstić information content (AvgIpc) is 2.35. The molecule has 5 nitrogen and oxygen atoms in total. The predicted molar refractivity (Wildman–Crippen MR) is 41.5 cm³/mol. The van der Waals surface area contributed by atoms with Crippen molar-refractivity contribution in [2.75, 3.05) is 5.73 Å². The Bertz CT molecular complexity index is 269. The summed E-state index contributed by atoms with van der Waals surface area (Å²) in [6, 6.07) is 0.125. The van der Waals surface area contributed by atoms with Crippen LogP contribution in [0.25, 0.3) is 0 Å². The molecule has 0 aliphatic rings. The number of anilines is 1. The van der Waals surface area contributed by atoms with Crippen LogP contribution < -0.4 is 5.73 Å². The zero-order valence-electron chi connectivity index (χ0n) is 6.49. The van der Waals surface area contributed by atoms with Crippen molar-refractivity contribution in [1.82, 2.24) is 4.98 Å². The number of hydrogen-bond donors (Lipinski definition) is 2. The van der Waals surface area contributed by atoms with Gasteiger partial charge in [-0.25, -0.2) is 0 Å². The second-order valence-electron chi connectivity index (χ2n) is 2.42. The van der Waals surface area contributed by atoms with Crippen molar-refractivity contribution in [2.24, 2.45) is 0 Å². The first-order valence-corrected chi connectivity index (χ1v) is 3.60. The molecule has 0 aliphatic heterocycles. The van der Waals surface area contributed by atoms with Gasteiger partial charge in [0.05, 0.1) is 5.69 Å². The number of nitrogen functional groups attached to an aromatic ring is 1. The average molecular weight is 170 g/mol. The highest BCUT2D eigenvalue weighted by atomic mass is 16.4. The van der Waals surface area contributed by atoms with Crippen LogP contribution >= 0.6 is 0 Å². The zero-order chi connectivity index (χ0) is 8.97. The number of nitrogens with zero attached hydrogens (tertiary/aromatic N) is 1. The molecule has 0 atom stereocenters. The van der Waals surface area contributed by atoms with Crippen LogP contribution in [0.15, 0.2) is 10.7 Å². The van der Waals surface area contributed by atoms with Crippen molar-refractivity contribution < 1.29 is 14.3 Å². The molecule has 0 saturated carbocycles. The highest BCUT2D eigenvalue weighted by Gasteiger charge is 2.01. The van der Waals surface area contributed by atoms with E-state index in [4.69, 9.17) is 15.3 Å². The minimum absolute atomic E-state index is 0.125. The molecule has 66 valence electrons. The van der Waals surface area contributed by atoms with E-state index in [9.17, 15) is 4.79 Å². The molecule has 1 aromatic heterocycles. The zero-order valence-corrected chi connectivity index (χ0v) is 6.49. The van der Waals surface area contributed by atoms with Gasteiger partial charge in [0.1, 0.15) is 6.26 Å². The summed E-state index contributed by atoms with van der Waals surface area (Å²) in [6.45, 7) is 0. The Morgan fingerprint density at radius 3 is 3.00 bits per heavy atom. The molecule has 1 aromatic rings. The van der Waals surface area contributed by atoms with E-state index in [1.54, 1.807) is 0 Å². The third kappa shape index (κ3) is 2.61. The van der Waals surface area contributed by atoms with E-state index in [2.05, 4.69) is 4.98 Å². The number of aliphatic carboxylic acids is 1. The van der Waals surface area contributed by atoms with E-state index in [0.717, 1.165) is 0 Å². The summed E-state index contributed by atoms with van der Waals surface area (Å²) in [6.07, 6.45) is 2.73. The fourth-order valence-corrected chi connectivity index (χ4v) is 0.858. The van der Waals surface area contributed by atoms with Gasteiger partial charge in [-0.05, 0) is 12.8 Å². The molecule has 5 heteroatoms. The van der Waals surface area contributed by atoms with Gasteiger partial charge in [0.15, 0.2) is 0 Å². The second kappa shape index (κ2) is 3.75. The Balaban J connectivity index is 2.29. The Labute approximate surface area is 69.2 Å². The normalized spacial score (nSPS) is 10.0. The van der Waals surface area contributed by atoms with Gasteiger partial charge in [0.25, 0.3) is 6.01 Å². The molecule has 1 heterocycles. The van der Waals surface area contributed by atoms with E-state index < -0.39 is 5.97 Å². The smallest absolute Gasteiger partial charge is 0.303 e. The van der Waals surface area contributed by atoms with E-state index >= 15 is 0 Å². The van der Waals surface area contributed by atoms with Gasteiger partial charge >= 0.3 is 5.97 Å². The molecule has 0 saturated heterocycles. The number of aromatic nitrogens is 1. The van der Waals surface area contributed by atoms with Gasteiger partial charge in [-0.1, -0.05) is 0 Å². The molecule has 1 rings (SSSR count). The molecule has 0 radical (unpaired) electrons. The largest absolute Gasteiger partial charge is 0.481 e. The van der Waals surface area contributed by atoms with Gasteiger partial charge in [0, 0.05) is 6.42 Å². The van der Waals surface area contributed by atoms with Crippen molar-refractivity contribution in [2.45, 2.75) is 19.3 Å². The van der Waals surface area contributed by atoms with E-state index in [1.807, 2.05) is 0 Å². The van der Waals surface area contributed by atoms with E-state index in [-0.39, 0.29) is 12.4 Å². The minimum Gasteiger partial charge on any atom is -0.481 e. The molecule has 0 spiro atoms. The number of nitrogens with two attached hydrogens (primary N) is 1. The fraction of sp³-hybridized carbons (Fsp3) is 0.429. The Hall–Kier alpha value is -1.52. The molecule has 0 aliphatic carbocycles. The van der Waals surface area contributed by atoms with Crippen molar-refractivity contribution in [3.63, 3.8) is 0 Å². The predicted octanol–water partition coefficient (Wildman–Crippen LogP) is 0.664. The van der Waals surface area contributed by atoms with Crippen molar-refractivity contribution in [3.05, 3.63) is 12.0 Å². The van der Waals surface area contributed by atoms with Gasteiger partial charge < -0.3 is 15.3 Å². The third-order valence-corrected chi connectivity index (χ3v) is 1.39. The number of rotatable bonds is 4. The molecular formula is C7H10N2O3. The lowest BCUT2D eigenvalue weighted by Crippen LogP contribution is -1.96. The Kier molecular flexibility index (Phi) is 2.68. The van der Waals surface area contributed by atoms with Crippen LogP contribution in [0.4, 0.5) is 6.01 Å². The summed E-state index contributed by atoms with van der Waals surface area (Å²) in [5.74, 6) is -0.800. The van der Waals surface area contributed by atoms with Crippen LogP contribution in [0.3, 0.4) is 0 Å². The third-order valence-electron chi connectivity index (χ3n) is 1.39. The lowest BCUT2D eigenvalue weighted by molar-refractivity contribution is -0.137. The SMILES string of the molecule is Nc1nc(CCCC(=O)O)co1. The maximum Gasteiger partial charge on any atom is 0.303 e. The maximum atomic E-state index is 10.1. The number of carbonyl (C=O) groups is 1. The standard InChI is InChI=1S/C7H10N2O3/c8-7-9-5(4-12-7)2-1-3-6(10)11/h4H,1-3H2,(H2,8,9)(H,10,11). The topological polar surface area (TPSA) is 89.3 Å². The van der Waals surface area contributed by atoms with E-state index in [0.29, 0.717) is 18.5 Å². The van der Waals surface area contributed by atoms with E-state index in [1.165, 1.54) is 6.26 Å². The first-order valence-electron chi connectivity index (χ1n) is 3.60.